The molecule has 0 unspecified atom stereocenters. The van der Waals surface area contributed by atoms with Crippen molar-refractivity contribution in [2.24, 2.45) is 0 Å². The lowest BCUT2D eigenvalue weighted by Gasteiger charge is -2.19. The molecule has 0 spiro atoms. The van der Waals surface area contributed by atoms with Crippen molar-refractivity contribution >= 4 is 48.2 Å². The zero-order valence-electron chi connectivity index (χ0n) is 11.5. The van der Waals surface area contributed by atoms with Crippen LogP contribution in [-0.2, 0) is 13.8 Å². The summed E-state index contributed by atoms with van der Waals surface area (Å²) in [5.74, 6) is -0.782. The van der Waals surface area contributed by atoms with Crippen LogP contribution in [0.3, 0.4) is 0 Å². The van der Waals surface area contributed by atoms with Gasteiger partial charge in [0.25, 0.3) is 9.05 Å². The number of rotatable bonds is 2. The lowest BCUT2D eigenvalue weighted by atomic mass is 10.1. The Hall–Kier alpha value is -1.24. The highest BCUT2D eigenvalue weighted by Gasteiger charge is 2.29. The Labute approximate surface area is 131 Å². The SMILES string of the molecule is CC(C)(C)OC(=O)c1c(S(=O)(=O)Cl)[nH]c2ccc(Cl)cc12. The number of nitrogens with one attached hydrogen (secondary N) is 1. The number of carbonyl (C=O) groups is 1. The molecule has 0 saturated heterocycles. The number of carbonyl (C=O) groups excluding carboxylic acids is 1. The second-order valence-corrected chi connectivity index (χ2v) is 8.40. The summed E-state index contributed by atoms with van der Waals surface area (Å²) < 4.78 is 28.6. The molecule has 1 aromatic heterocycles. The molecule has 5 nitrogen and oxygen atoms in total. The second kappa shape index (κ2) is 5.19. The molecule has 2 rings (SSSR count). The number of H-pyrrole nitrogens is 1. The molecule has 0 saturated carbocycles. The van der Waals surface area contributed by atoms with Crippen LogP contribution in [0.25, 0.3) is 10.9 Å². The number of halogens is 2. The third-order valence-corrected chi connectivity index (χ3v) is 4.06. The van der Waals surface area contributed by atoms with Crippen LogP contribution in [0.1, 0.15) is 31.1 Å². The predicted octanol–water partition coefficient (Wildman–Crippen LogP) is 3.70. The highest BCUT2D eigenvalue weighted by Crippen LogP contribution is 2.31. The van der Waals surface area contributed by atoms with Crippen LogP contribution in [0.4, 0.5) is 0 Å². The van der Waals surface area contributed by atoms with Crippen LogP contribution in [0, 0.1) is 0 Å². The Balaban J connectivity index is 2.74. The van der Waals surface area contributed by atoms with E-state index < -0.39 is 25.6 Å². The van der Waals surface area contributed by atoms with Gasteiger partial charge in [-0.05, 0) is 39.0 Å². The maximum Gasteiger partial charge on any atom is 0.342 e. The van der Waals surface area contributed by atoms with Gasteiger partial charge in [-0.3, -0.25) is 0 Å². The monoisotopic (exact) mass is 349 g/mol. The number of benzene rings is 1. The molecule has 8 heteroatoms. The van der Waals surface area contributed by atoms with E-state index in [4.69, 9.17) is 27.0 Å². The van der Waals surface area contributed by atoms with Gasteiger partial charge in [0.2, 0.25) is 0 Å². The van der Waals surface area contributed by atoms with Gasteiger partial charge in [-0.1, -0.05) is 11.6 Å². The zero-order valence-corrected chi connectivity index (χ0v) is 13.9. The van der Waals surface area contributed by atoms with Gasteiger partial charge in [0, 0.05) is 26.6 Å². The molecule has 1 heterocycles. The number of aromatic amines is 1. The smallest absolute Gasteiger partial charge is 0.342 e. The topological polar surface area (TPSA) is 76.2 Å². The van der Waals surface area contributed by atoms with Crippen LogP contribution in [0.5, 0.6) is 0 Å². The predicted molar refractivity (Wildman–Crippen MR) is 81.5 cm³/mol. The standard InChI is InChI=1S/C13H13Cl2NO4S/c1-13(2,3)20-12(17)10-8-6-7(14)4-5-9(8)16-11(10)21(15,18)19/h4-6,16H,1-3H3. The molecule has 0 radical (unpaired) electrons. The number of esters is 1. The molecule has 114 valence electrons. The highest BCUT2D eigenvalue weighted by molar-refractivity contribution is 8.13. The second-order valence-electron chi connectivity index (χ2n) is 5.46. The Morgan fingerprint density at radius 3 is 2.43 bits per heavy atom. The van der Waals surface area contributed by atoms with Crippen molar-refractivity contribution in [2.75, 3.05) is 0 Å². The molecular weight excluding hydrogens is 337 g/mol. The molecule has 1 aromatic carbocycles. The quantitative estimate of drug-likeness (QED) is 0.662. The largest absolute Gasteiger partial charge is 0.456 e. The summed E-state index contributed by atoms with van der Waals surface area (Å²) in [5.41, 5.74) is -0.482. The normalized spacial score (nSPS) is 12.6. The first kappa shape index (κ1) is 16.1. The van der Waals surface area contributed by atoms with Gasteiger partial charge >= 0.3 is 5.97 Å². The molecule has 0 fully saturated rings. The molecule has 2 aromatic rings. The van der Waals surface area contributed by atoms with Crippen molar-refractivity contribution in [2.45, 2.75) is 31.4 Å². The lowest BCUT2D eigenvalue weighted by Crippen LogP contribution is -2.24. The summed E-state index contributed by atoms with van der Waals surface area (Å²) in [6.45, 7) is 5.05. The minimum atomic E-state index is -4.14. The minimum Gasteiger partial charge on any atom is -0.456 e. The third kappa shape index (κ3) is 3.51. The van der Waals surface area contributed by atoms with Crippen LogP contribution < -0.4 is 0 Å². The van der Waals surface area contributed by atoms with E-state index in [9.17, 15) is 13.2 Å². The van der Waals surface area contributed by atoms with E-state index in [1.807, 2.05) is 0 Å². The lowest BCUT2D eigenvalue weighted by molar-refractivity contribution is 0.00675. The molecule has 21 heavy (non-hydrogen) atoms. The van der Waals surface area contributed by atoms with Crippen LogP contribution >= 0.6 is 22.3 Å². The highest BCUT2D eigenvalue weighted by atomic mass is 35.7. The Morgan fingerprint density at radius 1 is 1.29 bits per heavy atom. The van der Waals surface area contributed by atoms with Gasteiger partial charge in [0.05, 0.1) is 0 Å². The molecule has 0 atom stereocenters. The molecule has 0 aliphatic heterocycles. The van der Waals surface area contributed by atoms with E-state index in [0.29, 0.717) is 15.9 Å². The Morgan fingerprint density at radius 2 is 1.90 bits per heavy atom. The number of hydrogen-bond acceptors (Lipinski definition) is 4. The van der Waals surface area contributed by atoms with Crippen molar-refractivity contribution in [3.05, 3.63) is 28.8 Å². The van der Waals surface area contributed by atoms with Crippen LogP contribution in [0.15, 0.2) is 23.2 Å². The van der Waals surface area contributed by atoms with Crippen molar-refractivity contribution in [3.8, 4) is 0 Å². The first-order valence-electron chi connectivity index (χ1n) is 5.98. The molecule has 0 aliphatic rings. The number of fused-ring (bicyclic) bond motifs is 1. The summed E-state index contributed by atoms with van der Waals surface area (Å²) in [6.07, 6.45) is 0. The zero-order chi connectivity index (χ0) is 16.0. The van der Waals surface area contributed by atoms with Gasteiger partial charge in [0.15, 0.2) is 5.03 Å². The Bertz CT molecular complexity index is 819. The molecule has 1 N–H and O–H groups in total. The van der Waals surface area contributed by atoms with Crippen molar-refractivity contribution in [1.29, 1.82) is 0 Å². The van der Waals surface area contributed by atoms with E-state index in [1.165, 1.54) is 6.07 Å². The molecule has 0 bridgehead atoms. The average Bonchev–Trinajstić information content (AvgIpc) is 2.64. The first-order valence-corrected chi connectivity index (χ1v) is 8.67. The van der Waals surface area contributed by atoms with Crippen LogP contribution in [0.2, 0.25) is 5.02 Å². The maximum atomic E-state index is 12.3. The van der Waals surface area contributed by atoms with Gasteiger partial charge in [-0.25, -0.2) is 13.2 Å². The van der Waals surface area contributed by atoms with Gasteiger partial charge in [-0.15, -0.1) is 0 Å². The molecule has 0 aliphatic carbocycles. The van der Waals surface area contributed by atoms with Crippen molar-refractivity contribution in [1.82, 2.24) is 4.98 Å². The maximum absolute atomic E-state index is 12.3. The fraction of sp³-hybridized carbons (Fsp3) is 0.308. The van der Waals surface area contributed by atoms with E-state index in [-0.39, 0.29) is 5.56 Å². The summed E-state index contributed by atoms with van der Waals surface area (Å²) in [4.78, 5) is 14.9. The Kier molecular flexibility index (Phi) is 3.99. The minimum absolute atomic E-state index is 0.141. The number of hydrogen-bond donors (Lipinski definition) is 1. The van der Waals surface area contributed by atoms with Crippen molar-refractivity contribution < 1.29 is 17.9 Å². The summed E-state index contributed by atoms with van der Waals surface area (Å²) in [5, 5.41) is 0.316. The number of ether oxygens (including phenoxy) is 1. The molecular formula is C13H13Cl2NO4S. The first-order chi connectivity index (χ1) is 9.49. The summed E-state index contributed by atoms with van der Waals surface area (Å²) >= 11 is 5.90. The fourth-order valence-electron chi connectivity index (χ4n) is 1.85. The average molecular weight is 350 g/mol. The van der Waals surface area contributed by atoms with E-state index in [1.54, 1.807) is 32.9 Å². The van der Waals surface area contributed by atoms with E-state index >= 15 is 0 Å². The van der Waals surface area contributed by atoms with Crippen LogP contribution in [-0.4, -0.2) is 25.0 Å². The van der Waals surface area contributed by atoms with Gasteiger partial charge in [0.1, 0.15) is 11.2 Å². The summed E-state index contributed by atoms with van der Waals surface area (Å²) in [6, 6.07) is 4.62. The molecule has 0 amide bonds. The fourth-order valence-corrected chi connectivity index (χ4v) is 3.04. The van der Waals surface area contributed by atoms with Crippen molar-refractivity contribution in [3.63, 3.8) is 0 Å². The van der Waals surface area contributed by atoms with E-state index in [0.717, 1.165) is 0 Å². The third-order valence-electron chi connectivity index (χ3n) is 2.57. The van der Waals surface area contributed by atoms with E-state index in [2.05, 4.69) is 4.98 Å². The number of aromatic nitrogens is 1. The summed E-state index contributed by atoms with van der Waals surface area (Å²) in [7, 11) is 1.25. The van der Waals surface area contributed by atoms with Gasteiger partial charge in [-0.2, -0.15) is 0 Å². The van der Waals surface area contributed by atoms with Gasteiger partial charge < -0.3 is 9.72 Å².